The van der Waals surface area contributed by atoms with Crippen LogP contribution in [0.15, 0.2) is 36.9 Å². The van der Waals surface area contributed by atoms with Crippen molar-refractivity contribution >= 4 is 12.1 Å². The molecule has 24 heavy (non-hydrogen) atoms. The number of carboxylic acid groups (broad SMARTS) is 2. The summed E-state index contributed by atoms with van der Waals surface area (Å²) in [5, 5.41) is 18.9. The molecule has 7 nitrogen and oxygen atoms in total. The zero-order chi connectivity index (χ0) is 17.7. The van der Waals surface area contributed by atoms with Gasteiger partial charge in [0.1, 0.15) is 11.3 Å². The molecule has 0 saturated carbocycles. The van der Waals surface area contributed by atoms with E-state index in [1.165, 1.54) is 6.08 Å². The van der Waals surface area contributed by atoms with Gasteiger partial charge in [-0.25, -0.2) is 9.59 Å². The van der Waals surface area contributed by atoms with Gasteiger partial charge in [0.2, 0.25) is 0 Å². The number of methoxy groups -OCH3 is 1. The Labute approximate surface area is 140 Å². The second-order valence-electron chi connectivity index (χ2n) is 5.71. The molecule has 1 aliphatic rings. The molecule has 0 unspecified atom stereocenters. The van der Waals surface area contributed by atoms with Gasteiger partial charge in [-0.3, -0.25) is 4.90 Å². The molecule has 1 aromatic rings. The molecular formula is C17H21NO6. The molecule has 1 aromatic carbocycles. The van der Waals surface area contributed by atoms with Gasteiger partial charge in [-0.1, -0.05) is 18.2 Å². The molecule has 0 bridgehead atoms. The Morgan fingerprint density at radius 3 is 2.54 bits per heavy atom. The van der Waals surface area contributed by atoms with E-state index in [1.807, 2.05) is 12.1 Å². The van der Waals surface area contributed by atoms with E-state index in [0.717, 1.165) is 16.2 Å². The van der Waals surface area contributed by atoms with Crippen LogP contribution in [0, 0.1) is 0 Å². The number of carboxylic acids is 1. The van der Waals surface area contributed by atoms with Crippen molar-refractivity contribution in [1.82, 2.24) is 4.90 Å². The highest BCUT2D eigenvalue weighted by atomic mass is 16.5. The van der Waals surface area contributed by atoms with Crippen molar-refractivity contribution in [2.45, 2.75) is 31.1 Å². The Balaban J connectivity index is 2.07. The molecule has 130 valence electrons. The second-order valence-corrected chi connectivity index (χ2v) is 5.71. The molecule has 0 aromatic heterocycles. The number of nitrogens with zero attached hydrogens (tertiary/aromatic N) is 1. The fraction of sp³-hybridized carbons (Fsp3) is 0.412. The lowest BCUT2D eigenvalue weighted by Crippen LogP contribution is -2.52. The first-order valence-corrected chi connectivity index (χ1v) is 7.52. The standard InChI is InChI=1S/C17H21NO6/c1-3-8-17(15(19)20)9-14(10-18(17)16(21)22)24-11-12-4-6-13(23-2)7-5-12/h3-7,14H,1,8-11H2,2H3,(H,19,20)(H,21,22)/t14-,17-/m1/s1. The largest absolute Gasteiger partial charge is 0.497 e. The van der Waals surface area contributed by atoms with Gasteiger partial charge in [-0.05, 0) is 24.1 Å². The smallest absolute Gasteiger partial charge is 0.408 e. The number of amides is 1. The molecule has 1 fully saturated rings. The molecule has 1 aliphatic heterocycles. The number of carbonyl (C=O) groups is 2. The highest BCUT2D eigenvalue weighted by Crippen LogP contribution is 2.35. The van der Waals surface area contributed by atoms with Crippen molar-refractivity contribution < 1.29 is 29.3 Å². The molecule has 2 atom stereocenters. The minimum Gasteiger partial charge on any atom is -0.497 e. The van der Waals surface area contributed by atoms with Gasteiger partial charge in [-0.2, -0.15) is 0 Å². The number of benzene rings is 1. The Morgan fingerprint density at radius 2 is 2.04 bits per heavy atom. The first kappa shape index (κ1) is 17.8. The second kappa shape index (κ2) is 7.35. The molecule has 1 amide bonds. The van der Waals surface area contributed by atoms with Crippen LogP contribution in [0.5, 0.6) is 5.75 Å². The van der Waals surface area contributed by atoms with Crippen molar-refractivity contribution in [3.05, 3.63) is 42.5 Å². The fourth-order valence-corrected chi connectivity index (χ4v) is 2.96. The molecule has 7 heteroatoms. The molecule has 0 radical (unpaired) electrons. The third-order valence-electron chi connectivity index (χ3n) is 4.22. The summed E-state index contributed by atoms with van der Waals surface area (Å²) in [6.07, 6.45) is -0.196. The maximum atomic E-state index is 11.7. The van der Waals surface area contributed by atoms with Crippen LogP contribution in [-0.2, 0) is 16.1 Å². The Kier molecular flexibility index (Phi) is 5.46. The SMILES string of the molecule is C=CC[C@]1(C(=O)O)C[C@@H](OCc2ccc(OC)cc2)CN1C(=O)O. The number of likely N-dealkylation sites (tertiary alicyclic amines) is 1. The minimum absolute atomic E-state index is 0.0195. The normalized spacial score (nSPS) is 23.0. The summed E-state index contributed by atoms with van der Waals surface area (Å²) in [4.78, 5) is 24.1. The summed E-state index contributed by atoms with van der Waals surface area (Å²) in [6.45, 7) is 3.83. The van der Waals surface area contributed by atoms with Crippen LogP contribution in [-0.4, -0.2) is 52.5 Å². The van der Waals surface area contributed by atoms with Crippen LogP contribution in [0.25, 0.3) is 0 Å². The summed E-state index contributed by atoms with van der Waals surface area (Å²) in [6, 6.07) is 7.29. The highest BCUT2D eigenvalue weighted by molar-refractivity contribution is 5.85. The van der Waals surface area contributed by atoms with Gasteiger partial charge in [0.15, 0.2) is 0 Å². The van der Waals surface area contributed by atoms with E-state index in [0.29, 0.717) is 0 Å². The number of hydrogen-bond donors (Lipinski definition) is 2. The van der Waals surface area contributed by atoms with Gasteiger partial charge < -0.3 is 19.7 Å². The predicted octanol–water partition coefficient (Wildman–Crippen LogP) is 2.36. The van der Waals surface area contributed by atoms with Crippen molar-refractivity contribution in [2.75, 3.05) is 13.7 Å². The van der Waals surface area contributed by atoms with Crippen molar-refractivity contribution in [3.8, 4) is 5.75 Å². The number of hydrogen-bond acceptors (Lipinski definition) is 4. The van der Waals surface area contributed by atoms with Crippen LogP contribution in [0.3, 0.4) is 0 Å². The van der Waals surface area contributed by atoms with E-state index < -0.39 is 23.7 Å². The van der Waals surface area contributed by atoms with Crippen LogP contribution < -0.4 is 4.74 Å². The van der Waals surface area contributed by atoms with Crippen LogP contribution in [0.1, 0.15) is 18.4 Å². The minimum atomic E-state index is -1.52. The highest BCUT2D eigenvalue weighted by Gasteiger charge is 2.53. The fourth-order valence-electron chi connectivity index (χ4n) is 2.96. The molecule has 0 aliphatic carbocycles. The van der Waals surface area contributed by atoms with Gasteiger partial charge >= 0.3 is 12.1 Å². The Hall–Kier alpha value is -2.54. The number of rotatable bonds is 7. The quantitative estimate of drug-likeness (QED) is 0.743. The van der Waals surface area contributed by atoms with Gasteiger partial charge in [0.25, 0.3) is 0 Å². The third-order valence-corrected chi connectivity index (χ3v) is 4.22. The number of ether oxygens (including phenoxy) is 2. The van der Waals surface area contributed by atoms with E-state index in [1.54, 1.807) is 19.2 Å². The van der Waals surface area contributed by atoms with Gasteiger partial charge in [0, 0.05) is 6.42 Å². The topological polar surface area (TPSA) is 96.3 Å². The lowest BCUT2D eigenvalue weighted by Gasteiger charge is -2.31. The van der Waals surface area contributed by atoms with E-state index in [9.17, 15) is 19.8 Å². The van der Waals surface area contributed by atoms with Crippen molar-refractivity contribution in [3.63, 3.8) is 0 Å². The van der Waals surface area contributed by atoms with Crippen molar-refractivity contribution in [1.29, 1.82) is 0 Å². The monoisotopic (exact) mass is 335 g/mol. The van der Waals surface area contributed by atoms with Gasteiger partial charge in [-0.15, -0.1) is 6.58 Å². The van der Waals surface area contributed by atoms with Crippen LogP contribution >= 0.6 is 0 Å². The molecule has 0 spiro atoms. The molecular weight excluding hydrogens is 314 g/mol. The summed E-state index contributed by atoms with van der Waals surface area (Å²) < 4.78 is 10.8. The molecule has 2 N–H and O–H groups in total. The maximum Gasteiger partial charge on any atom is 0.408 e. The van der Waals surface area contributed by atoms with Crippen molar-refractivity contribution in [2.24, 2.45) is 0 Å². The Morgan fingerprint density at radius 1 is 1.38 bits per heavy atom. The van der Waals surface area contributed by atoms with Crippen LogP contribution in [0.2, 0.25) is 0 Å². The summed E-state index contributed by atoms with van der Waals surface area (Å²) in [5.41, 5.74) is -0.618. The zero-order valence-electron chi connectivity index (χ0n) is 13.5. The molecule has 2 rings (SSSR count). The molecule has 1 saturated heterocycles. The lowest BCUT2D eigenvalue weighted by molar-refractivity contribution is -0.148. The summed E-state index contributed by atoms with van der Waals surface area (Å²) in [7, 11) is 1.58. The maximum absolute atomic E-state index is 11.7. The summed E-state index contributed by atoms with van der Waals surface area (Å²) in [5.74, 6) is -0.451. The summed E-state index contributed by atoms with van der Waals surface area (Å²) >= 11 is 0. The van der Waals surface area contributed by atoms with Gasteiger partial charge in [0.05, 0.1) is 26.4 Å². The molecule has 1 heterocycles. The van der Waals surface area contributed by atoms with E-state index in [2.05, 4.69) is 6.58 Å². The lowest BCUT2D eigenvalue weighted by atomic mass is 9.91. The first-order chi connectivity index (χ1) is 11.4. The zero-order valence-corrected chi connectivity index (χ0v) is 13.5. The van der Waals surface area contributed by atoms with E-state index in [-0.39, 0.29) is 26.0 Å². The average Bonchev–Trinajstić information content (AvgIpc) is 2.94. The third kappa shape index (κ3) is 3.51. The Bertz CT molecular complexity index is 614. The van der Waals surface area contributed by atoms with Crippen LogP contribution in [0.4, 0.5) is 4.79 Å². The average molecular weight is 335 g/mol. The first-order valence-electron chi connectivity index (χ1n) is 7.52. The van der Waals surface area contributed by atoms with E-state index in [4.69, 9.17) is 9.47 Å². The predicted molar refractivity (Wildman–Crippen MR) is 86.1 cm³/mol. The van der Waals surface area contributed by atoms with E-state index >= 15 is 0 Å². The number of aliphatic carboxylic acids is 1.